The second-order valence-corrected chi connectivity index (χ2v) is 11.5. The average Bonchev–Trinajstić information content (AvgIpc) is 2.66. The number of methoxy groups -OCH3 is 1. The fraction of sp³-hybridized carbons (Fsp3) is 0.350. The summed E-state index contributed by atoms with van der Waals surface area (Å²) in [5.74, 6) is -0.690. The van der Waals surface area contributed by atoms with Gasteiger partial charge in [-0.3, -0.25) is 4.79 Å². The van der Waals surface area contributed by atoms with E-state index in [-0.39, 0.29) is 32.5 Å². The molecule has 164 valence electrons. The molecule has 30 heavy (non-hydrogen) atoms. The number of benzene rings is 2. The highest BCUT2D eigenvalue weighted by Gasteiger charge is 2.27. The maximum atomic E-state index is 12.8. The number of sulfone groups is 1. The molecule has 1 amide bonds. The van der Waals surface area contributed by atoms with Gasteiger partial charge in [-0.25, -0.2) is 21.6 Å². The molecule has 0 heterocycles. The van der Waals surface area contributed by atoms with Crippen LogP contribution in [0.3, 0.4) is 0 Å². The van der Waals surface area contributed by atoms with Gasteiger partial charge in [-0.15, -0.1) is 0 Å². The average molecular weight is 455 g/mol. The molecule has 0 aliphatic heterocycles. The summed E-state index contributed by atoms with van der Waals surface area (Å²) in [5, 5.41) is 2.56. The maximum absolute atomic E-state index is 12.8. The topological polar surface area (TPSA) is 119 Å². The normalized spacial score (nSPS) is 12.4. The van der Waals surface area contributed by atoms with Crippen LogP contribution in [0.5, 0.6) is 5.75 Å². The number of anilines is 1. The zero-order valence-corrected chi connectivity index (χ0v) is 19.1. The summed E-state index contributed by atoms with van der Waals surface area (Å²) in [6.45, 7) is 6.59. The van der Waals surface area contributed by atoms with Gasteiger partial charge in [0.15, 0.2) is 9.84 Å². The Hall–Kier alpha value is -2.43. The molecule has 0 radical (unpaired) electrons. The number of sulfonamides is 1. The van der Waals surface area contributed by atoms with Crippen LogP contribution in [0.15, 0.2) is 52.3 Å². The number of rotatable bonds is 7. The molecule has 2 N–H and O–H groups in total. The number of hydrogen-bond acceptors (Lipinski definition) is 6. The van der Waals surface area contributed by atoms with Crippen LogP contribution in [0.2, 0.25) is 0 Å². The first-order valence-corrected chi connectivity index (χ1v) is 12.3. The van der Waals surface area contributed by atoms with Crippen LogP contribution in [0.25, 0.3) is 0 Å². The third-order valence-corrected chi connectivity index (χ3v) is 7.57. The van der Waals surface area contributed by atoms with Crippen molar-refractivity contribution in [1.82, 2.24) is 4.72 Å². The van der Waals surface area contributed by atoms with Gasteiger partial charge < -0.3 is 10.1 Å². The van der Waals surface area contributed by atoms with Crippen LogP contribution in [0.1, 0.15) is 38.1 Å². The Morgan fingerprint density at radius 2 is 1.63 bits per heavy atom. The van der Waals surface area contributed by atoms with Gasteiger partial charge in [-0.1, -0.05) is 19.1 Å². The predicted molar refractivity (Wildman–Crippen MR) is 115 cm³/mol. The van der Waals surface area contributed by atoms with E-state index in [0.717, 1.165) is 0 Å². The second kappa shape index (κ2) is 8.75. The first-order valence-electron chi connectivity index (χ1n) is 9.16. The number of nitrogens with one attached hydrogen (secondary N) is 2. The van der Waals surface area contributed by atoms with Crippen molar-refractivity contribution in [3.63, 3.8) is 0 Å². The Labute approximate surface area is 177 Å². The molecule has 0 aliphatic carbocycles. The van der Waals surface area contributed by atoms with Crippen molar-refractivity contribution >= 4 is 31.5 Å². The van der Waals surface area contributed by atoms with Crippen LogP contribution >= 0.6 is 0 Å². The van der Waals surface area contributed by atoms with Gasteiger partial charge in [0.2, 0.25) is 10.0 Å². The molecular weight excluding hydrogens is 428 g/mol. The van der Waals surface area contributed by atoms with Crippen molar-refractivity contribution in [1.29, 1.82) is 0 Å². The quantitative estimate of drug-likeness (QED) is 0.664. The number of hydrogen-bond donors (Lipinski definition) is 2. The molecule has 2 rings (SSSR count). The van der Waals surface area contributed by atoms with E-state index in [1.807, 2.05) is 0 Å². The summed E-state index contributed by atoms with van der Waals surface area (Å²) >= 11 is 0. The highest BCUT2D eigenvalue weighted by atomic mass is 32.2. The first-order chi connectivity index (χ1) is 13.8. The number of carbonyl (C=O) groups excluding carboxylic acids is 1. The van der Waals surface area contributed by atoms with Gasteiger partial charge in [0.05, 0.1) is 23.4 Å². The molecular formula is C20H26N2O6S2. The van der Waals surface area contributed by atoms with Crippen molar-refractivity contribution in [2.24, 2.45) is 0 Å². The molecule has 0 fully saturated rings. The fourth-order valence-corrected chi connectivity index (χ4v) is 5.34. The predicted octanol–water partition coefficient (Wildman–Crippen LogP) is 2.82. The minimum Gasteiger partial charge on any atom is -0.495 e. The lowest BCUT2D eigenvalue weighted by molar-refractivity contribution is 0.102. The summed E-state index contributed by atoms with van der Waals surface area (Å²) in [6, 6.07) is 10.0. The highest BCUT2D eigenvalue weighted by molar-refractivity contribution is 7.91. The Bertz CT molecular complexity index is 1150. The van der Waals surface area contributed by atoms with E-state index < -0.39 is 31.3 Å². The van der Waals surface area contributed by atoms with Crippen LogP contribution < -0.4 is 14.8 Å². The minimum atomic E-state index is -3.98. The summed E-state index contributed by atoms with van der Waals surface area (Å²) in [4.78, 5) is 12.6. The Morgan fingerprint density at radius 3 is 2.20 bits per heavy atom. The summed E-state index contributed by atoms with van der Waals surface area (Å²) in [5.41, 5.74) is -0.582. The molecule has 8 nitrogen and oxygen atoms in total. The number of para-hydroxylation sites is 1. The molecule has 2 aromatic carbocycles. The molecule has 0 aromatic heterocycles. The lowest BCUT2D eigenvalue weighted by Gasteiger charge is -2.21. The lowest BCUT2D eigenvalue weighted by Crippen LogP contribution is -2.40. The molecule has 0 unspecified atom stereocenters. The molecule has 10 heteroatoms. The third-order valence-electron chi connectivity index (χ3n) is 4.01. The molecule has 0 bridgehead atoms. The molecule has 2 aromatic rings. The zero-order valence-electron chi connectivity index (χ0n) is 17.5. The van der Waals surface area contributed by atoms with Crippen molar-refractivity contribution in [3.05, 3.63) is 48.0 Å². The molecule has 0 atom stereocenters. The lowest BCUT2D eigenvalue weighted by atomic mass is 10.1. The third kappa shape index (κ3) is 5.59. The second-order valence-electron chi connectivity index (χ2n) is 7.57. The van der Waals surface area contributed by atoms with Gasteiger partial charge in [-0.05, 0) is 51.1 Å². The van der Waals surface area contributed by atoms with E-state index in [4.69, 9.17) is 4.74 Å². The van der Waals surface area contributed by atoms with Crippen LogP contribution in [-0.2, 0) is 19.9 Å². The van der Waals surface area contributed by atoms with Crippen molar-refractivity contribution in [2.45, 2.75) is 43.0 Å². The highest BCUT2D eigenvalue weighted by Crippen LogP contribution is 2.27. The molecule has 0 saturated heterocycles. The largest absolute Gasteiger partial charge is 0.495 e. The minimum absolute atomic E-state index is 0.00314. The van der Waals surface area contributed by atoms with Gasteiger partial charge in [0.1, 0.15) is 10.6 Å². The monoisotopic (exact) mass is 454 g/mol. The Kier molecular flexibility index (Phi) is 6.95. The summed E-state index contributed by atoms with van der Waals surface area (Å²) in [6.07, 6.45) is 0. The van der Waals surface area contributed by atoms with Gasteiger partial charge >= 0.3 is 0 Å². The SMILES string of the molecule is CCS(=O)(=O)c1ccccc1NC(=O)c1ccc(OC)c(S(=O)(=O)NC(C)(C)C)c1. The summed E-state index contributed by atoms with van der Waals surface area (Å²) < 4.78 is 57.8. The van der Waals surface area contributed by atoms with E-state index in [0.29, 0.717) is 0 Å². The Morgan fingerprint density at radius 1 is 1.00 bits per heavy atom. The van der Waals surface area contributed by atoms with E-state index >= 15 is 0 Å². The number of ether oxygens (including phenoxy) is 1. The molecule has 0 spiro atoms. The molecule has 0 aliphatic rings. The number of carbonyl (C=O) groups is 1. The van der Waals surface area contributed by atoms with Gasteiger partial charge in [-0.2, -0.15) is 0 Å². The maximum Gasteiger partial charge on any atom is 0.255 e. The van der Waals surface area contributed by atoms with E-state index in [2.05, 4.69) is 10.0 Å². The van der Waals surface area contributed by atoms with Crippen molar-refractivity contribution in [3.8, 4) is 5.75 Å². The summed E-state index contributed by atoms with van der Waals surface area (Å²) in [7, 11) is -6.21. The van der Waals surface area contributed by atoms with Crippen molar-refractivity contribution < 1.29 is 26.4 Å². The van der Waals surface area contributed by atoms with E-state index in [1.54, 1.807) is 32.9 Å². The Balaban J connectivity index is 2.47. The smallest absolute Gasteiger partial charge is 0.255 e. The fourth-order valence-electron chi connectivity index (χ4n) is 2.68. The standard InChI is InChI=1S/C20H26N2O6S2/c1-6-29(24,25)17-10-8-7-9-15(17)21-19(23)14-11-12-16(28-5)18(13-14)30(26,27)22-20(2,3)4/h7-13,22H,6H2,1-5H3,(H,21,23). The van der Waals surface area contributed by atoms with E-state index in [1.165, 1.54) is 44.4 Å². The van der Waals surface area contributed by atoms with Gasteiger partial charge in [0, 0.05) is 11.1 Å². The van der Waals surface area contributed by atoms with Gasteiger partial charge in [0.25, 0.3) is 5.91 Å². The van der Waals surface area contributed by atoms with E-state index in [9.17, 15) is 21.6 Å². The zero-order chi connectivity index (χ0) is 22.7. The first kappa shape index (κ1) is 23.8. The van der Waals surface area contributed by atoms with Crippen LogP contribution in [-0.4, -0.2) is 41.1 Å². The van der Waals surface area contributed by atoms with Crippen molar-refractivity contribution in [2.75, 3.05) is 18.2 Å². The number of amides is 1. The van der Waals surface area contributed by atoms with Crippen LogP contribution in [0.4, 0.5) is 5.69 Å². The van der Waals surface area contributed by atoms with Crippen LogP contribution in [0, 0.1) is 0 Å². The molecule has 0 saturated carbocycles.